The Morgan fingerprint density at radius 1 is 1.47 bits per heavy atom. The first-order chi connectivity index (χ1) is 7.70. The van der Waals surface area contributed by atoms with Gasteiger partial charge in [0.25, 0.3) is 0 Å². The molecular weight excluding hydrogens is 262 g/mol. The Bertz CT molecular complexity index is 488. The Kier molecular flexibility index (Phi) is 4.35. The highest BCUT2D eigenvalue weighted by molar-refractivity contribution is 7.88. The van der Waals surface area contributed by atoms with Crippen LogP contribution < -0.4 is 10.0 Å². The summed E-state index contributed by atoms with van der Waals surface area (Å²) in [5.74, 6) is 0.539. The first-order valence-electron chi connectivity index (χ1n) is 5.03. The van der Waals surface area contributed by atoms with Gasteiger partial charge in [-0.15, -0.1) is 0 Å². The molecule has 1 aromatic heterocycles. The largest absolute Gasteiger partial charge is 0.367 e. The van der Waals surface area contributed by atoms with Gasteiger partial charge in [-0.3, -0.25) is 0 Å². The van der Waals surface area contributed by atoms with Gasteiger partial charge in [0.1, 0.15) is 5.82 Å². The Labute approximate surface area is 107 Å². The molecule has 1 heterocycles. The summed E-state index contributed by atoms with van der Waals surface area (Å²) in [5.41, 5.74) is -0.617. The van der Waals surface area contributed by atoms with Gasteiger partial charge in [0.05, 0.1) is 11.3 Å². The van der Waals surface area contributed by atoms with Gasteiger partial charge in [-0.05, 0) is 26.0 Å². The lowest BCUT2D eigenvalue weighted by molar-refractivity contribution is 0.476. The van der Waals surface area contributed by atoms with Crippen molar-refractivity contribution < 1.29 is 8.42 Å². The molecular formula is C10H16ClN3O2S. The number of hydrogen-bond donors (Lipinski definition) is 2. The summed E-state index contributed by atoms with van der Waals surface area (Å²) in [6.07, 6.45) is 2.74. The molecule has 0 saturated heterocycles. The molecule has 0 atom stereocenters. The number of nitrogens with zero attached hydrogens (tertiary/aromatic N) is 1. The van der Waals surface area contributed by atoms with Gasteiger partial charge in [0, 0.05) is 18.3 Å². The van der Waals surface area contributed by atoms with Gasteiger partial charge in [0.2, 0.25) is 10.0 Å². The summed E-state index contributed by atoms with van der Waals surface area (Å²) in [5, 5.41) is 3.51. The molecule has 17 heavy (non-hydrogen) atoms. The second-order valence-corrected chi connectivity index (χ2v) is 6.60. The van der Waals surface area contributed by atoms with Gasteiger partial charge in [-0.25, -0.2) is 18.1 Å². The van der Waals surface area contributed by atoms with Crippen LogP contribution in [0.5, 0.6) is 0 Å². The van der Waals surface area contributed by atoms with E-state index < -0.39 is 15.6 Å². The number of hydrogen-bond acceptors (Lipinski definition) is 4. The van der Waals surface area contributed by atoms with Crippen LogP contribution in [0.25, 0.3) is 0 Å². The number of nitrogens with one attached hydrogen (secondary N) is 2. The molecule has 1 rings (SSSR count). The van der Waals surface area contributed by atoms with Crippen LogP contribution in [0.15, 0.2) is 18.3 Å². The van der Waals surface area contributed by atoms with Gasteiger partial charge < -0.3 is 5.32 Å². The molecule has 0 bridgehead atoms. The molecule has 0 aliphatic heterocycles. The Hall–Kier alpha value is -0.850. The zero-order chi connectivity index (χ0) is 13.1. The molecule has 2 N–H and O–H groups in total. The molecule has 0 spiro atoms. The average molecular weight is 278 g/mol. The van der Waals surface area contributed by atoms with Crippen molar-refractivity contribution in [1.82, 2.24) is 9.71 Å². The van der Waals surface area contributed by atoms with Crippen molar-refractivity contribution in [2.45, 2.75) is 19.4 Å². The fourth-order valence-electron chi connectivity index (χ4n) is 1.36. The molecule has 0 unspecified atom stereocenters. The third-order valence-electron chi connectivity index (χ3n) is 1.92. The monoisotopic (exact) mass is 277 g/mol. The highest BCUT2D eigenvalue weighted by atomic mass is 35.5. The molecule has 0 aromatic carbocycles. The van der Waals surface area contributed by atoms with E-state index in [0.717, 1.165) is 6.26 Å². The molecule has 0 radical (unpaired) electrons. The first kappa shape index (κ1) is 14.2. The van der Waals surface area contributed by atoms with Crippen LogP contribution in [0.4, 0.5) is 5.82 Å². The van der Waals surface area contributed by atoms with Crippen LogP contribution in [0.2, 0.25) is 5.02 Å². The number of pyridine rings is 1. The Balaban J connectivity index is 2.65. The summed E-state index contributed by atoms with van der Waals surface area (Å²) in [6.45, 7) is 3.94. The van der Waals surface area contributed by atoms with Crippen LogP contribution in [0, 0.1) is 0 Å². The van der Waals surface area contributed by atoms with Gasteiger partial charge in [0.15, 0.2) is 0 Å². The van der Waals surface area contributed by atoms with Crippen LogP contribution >= 0.6 is 11.6 Å². The maximum absolute atomic E-state index is 11.1. The third kappa shape index (κ3) is 5.34. The topological polar surface area (TPSA) is 71.1 Å². The SMILES string of the molecule is CC(C)(CNc1ncccc1Cl)NS(C)(=O)=O. The number of aromatic nitrogens is 1. The second-order valence-electron chi connectivity index (χ2n) is 4.45. The van der Waals surface area contributed by atoms with E-state index in [2.05, 4.69) is 15.0 Å². The Morgan fingerprint density at radius 2 is 2.12 bits per heavy atom. The number of sulfonamides is 1. The fraction of sp³-hybridized carbons (Fsp3) is 0.500. The smallest absolute Gasteiger partial charge is 0.209 e. The molecule has 7 heteroatoms. The van der Waals surface area contributed by atoms with Crippen LogP contribution in [-0.2, 0) is 10.0 Å². The normalized spacial score (nSPS) is 12.5. The zero-order valence-electron chi connectivity index (χ0n) is 9.99. The van der Waals surface area contributed by atoms with Crippen molar-refractivity contribution in [3.63, 3.8) is 0 Å². The lowest BCUT2D eigenvalue weighted by Crippen LogP contribution is -2.47. The third-order valence-corrected chi connectivity index (χ3v) is 3.15. The standard InChI is InChI=1S/C10H16ClN3O2S/c1-10(2,14-17(3,15)16)7-13-9-8(11)5-4-6-12-9/h4-6,14H,7H2,1-3H3,(H,12,13). The van der Waals surface area contributed by atoms with E-state index in [4.69, 9.17) is 11.6 Å². The van der Waals surface area contributed by atoms with E-state index in [1.165, 1.54) is 0 Å². The quantitative estimate of drug-likeness (QED) is 0.855. The van der Waals surface area contributed by atoms with Crippen molar-refractivity contribution in [1.29, 1.82) is 0 Å². The van der Waals surface area contributed by atoms with Crippen molar-refractivity contribution in [3.05, 3.63) is 23.4 Å². The van der Waals surface area contributed by atoms with E-state index in [0.29, 0.717) is 17.4 Å². The minimum atomic E-state index is -3.24. The van der Waals surface area contributed by atoms with Crippen molar-refractivity contribution in [2.75, 3.05) is 18.1 Å². The second kappa shape index (κ2) is 5.20. The maximum atomic E-state index is 11.1. The van der Waals surface area contributed by atoms with Crippen LogP contribution in [0.3, 0.4) is 0 Å². The van der Waals surface area contributed by atoms with E-state index in [9.17, 15) is 8.42 Å². The van der Waals surface area contributed by atoms with Gasteiger partial charge in [-0.1, -0.05) is 11.6 Å². The molecule has 1 aromatic rings. The number of anilines is 1. The summed E-state index contributed by atoms with van der Waals surface area (Å²) >= 11 is 5.92. The minimum absolute atomic E-state index is 0.386. The predicted octanol–water partition coefficient (Wildman–Crippen LogP) is 1.47. The van der Waals surface area contributed by atoms with Crippen LogP contribution in [-0.4, -0.2) is 31.7 Å². The van der Waals surface area contributed by atoms with Crippen molar-refractivity contribution >= 4 is 27.4 Å². The first-order valence-corrected chi connectivity index (χ1v) is 7.30. The molecule has 0 aliphatic carbocycles. The minimum Gasteiger partial charge on any atom is -0.367 e. The van der Waals surface area contributed by atoms with Gasteiger partial charge >= 0.3 is 0 Å². The molecule has 96 valence electrons. The van der Waals surface area contributed by atoms with E-state index in [-0.39, 0.29) is 0 Å². The molecule has 0 saturated carbocycles. The highest BCUT2D eigenvalue weighted by Crippen LogP contribution is 2.18. The van der Waals surface area contributed by atoms with E-state index in [1.807, 2.05) is 0 Å². The zero-order valence-corrected chi connectivity index (χ0v) is 11.6. The average Bonchev–Trinajstić information content (AvgIpc) is 2.13. The number of halogens is 1. The maximum Gasteiger partial charge on any atom is 0.209 e. The fourth-order valence-corrected chi connectivity index (χ4v) is 2.62. The molecule has 0 aliphatic rings. The molecule has 5 nitrogen and oxygen atoms in total. The summed E-state index contributed by atoms with van der Waals surface area (Å²) in [4.78, 5) is 4.06. The summed E-state index contributed by atoms with van der Waals surface area (Å²) in [6, 6.07) is 3.45. The van der Waals surface area contributed by atoms with Crippen molar-refractivity contribution in [3.8, 4) is 0 Å². The highest BCUT2D eigenvalue weighted by Gasteiger charge is 2.22. The van der Waals surface area contributed by atoms with E-state index in [1.54, 1.807) is 32.2 Å². The van der Waals surface area contributed by atoms with Gasteiger partial charge in [-0.2, -0.15) is 0 Å². The van der Waals surface area contributed by atoms with Crippen molar-refractivity contribution in [2.24, 2.45) is 0 Å². The number of rotatable bonds is 5. The molecule has 0 amide bonds. The van der Waals surface area contributed by atoms with E-state index >= 15 is 0 Å². The van der Waals surface area contributed by atoms with Crippen LogP contribution in [0.1, 0.15) is 13.8 Å². The lowest BCUT2D eigenvalue weighted by atomic mass is 10.1. The predicted molar refractivity (Wildman–Crippen MR) is 69.8 cm³/mol. The Morgan fingerprint density at radius 3 is 2.65 bits per heavy atom. The molecule has 0 fully saturated rings. The summed E-state index contributed by atoms with van der Waals surface area (Å²) < 4.78 is 24.8. The lowest BCUT2D eigenvalue weighted by Gasteiger charge is -2.25. The summed E-state index contributed by atoms with van der Waals surface area (Å²) in [7, 11) is -3.24.